The van der Waals surface area contributed by atoms with Gasteiger partial charge in [0.15, 0.2) is 0 Å². The predicted octanol–water partition coefficient (Wildman–Crippen LogP) is 2.05. The van der Waals surface area contributed by atoms with E-state index >= 15 is 0 Å². The second-order valence-electron chi connectivity index (χ2n) is 6.91. The molecule has 1 saturated heterocycles. The molecule has 0 radical (unpaired) electrons. The van der Waals surface area contributed by atoms with Crippen molar-refractivity contribution in [3.05, 3.63) is 35.4 Å². The largest absolute Gasteiger partial charge is 0.465 e. The van der Waals surface area contributed by atoms with Crippen LogP contribution in [0.5, 0.6) is 0 Å². The topological polar surface area (TPSA) is 76.2 Å². The maximum atomic E-state index is 12.3. The molecule has 0 bridgehead atoms. The number of nitrogens with zero attached hydrogens (tertiary/aromatic N) is 2. The first kappa shape index (κ1) is 18.8. The third-order valence-corrected chi connectivity index (χ3v) is 3.69. The summed E-state index contributed by atoms with van der Waals surface area (Å²) in [6, 6.07) is 6.97. The van der Waals surface area contributed by atoms with E-state index in [-0.39, 0.29) is 12.5 Å². The maximum Gasteiger partial charge on any atom is 0.410 e. The van der Waals surface area contributed by atoms with Crippen LogP contribution in [0.4, 0.5) is 4.79 Å². The Morgan fingerprint density at radius 3 is 2.52 bits per heavy atom. The van der Waals surface area contributed by atoms with Gasteiger partial charge in [-0.3, -0.25) is 9.69 Å². The number of rotatable bonds is 3. The minimum atomic E-state index is -0.592. The van der Waals surface area contributed by atoms with Gasteiger partial charge in [0, 0.05) is 19.6 Å². The smallest absolute Gasteiger partial charge is 0.410 e. The third kappa shape index (κ3) is 5.20. The predicted molar refractivity (Wildman–Crippen MR) is 91.0 cm³/mol. The zero-order valence-corrected chi connectivity index (χ0v) is 15.1. The quantitative estimate of drug-likeness (QED) is 0.782. The number of carbonyl (C=O) groups excluding carboxylic acids is 3. The van der Waals surface area contributed by atoms with Crippen molar-refractivity contribution in [1.82, 2.24) is 9.80 Å². The van der Waals surface area contributed by atoms with Gasteiger partial charge in [-0.2, -0.15) is 0 Å². The molecule has 0 aliphatic carbocycles. The number of esters is 1. The number of ether oxygens (including phenoxy) is 2. The Morgan fingerprint density at radius 2 is 1.92 bits per heavy atom. The lowest BCUT2D eigenvalue weighted by Crippen LogP contribution is -2.52. The summed E-state index contributed by atoms with van der Waals surface area (Å²) < 4.78 is 10.0. The summed E-state index contributed by atoms with van der Waals surface area (Å²) in [5, 5.41) is 0. The molecule has 1 aromatic rings. The molecule has 2 amide bonds. The van der Waals surface area contributed by atoms with E-state index in [4.69, 9.17) is 9.47 Å². The summed E-state index contributed by atoms with van der Waals surface area (Å²) in [5.74, 6) is -0.566. The highest BCUT2D eigenvalue weighted by Crippen LogP contribution is 2.15. The number of carbonyl (C=O) groups is 3. The van der Waals surface area contributed by atoms with Gasteiger partial charge in [0.05, 0.1) is 12.7 Å². The fourth-order valence-corrected chi connectivity index (χ4v) is 2.49. The molecule has 25 heavy (non-hydrogen) atoms. The Balaban J connectivity index is 1.97. The van der Waals surface area contributed by atoms with E-state index in [0.29, 0.717) is 25.2 Å². The van der Waals surface area contributed by atoms with Crippen molar-refractivity contribution < 1.29 is 23.9 Å². The van der Waals surface area contributed by atoms with Crippen molar-refractivity contribution in [1.29, 1.82) is 0 Å². The first-order valence-corrected chi connectivity index (χ1v) is 8.12. The average Bonchev–Trinajstić information content (AvgIpc) is 2.54. The first-order valence-electron chi connectivity index (χ1n) is 8.12. The van der Waals surface area contributed by atoms with Crippen molar-refractivity contribution in [2.75, 3.05) is 26.7 Å². The highest BCUT2D eigenvalue weighted by atomic mass is 16.6. The van der Waals surface area contributed by atoms with Crippen LogP contribution in [0.2, 0.25) is 0 Å². The summed E-state index contributed by atoms with van der Waals surface area (Å²) >= 11 is 0. The van der Waals surface area contributed by atoms with E-state index in [2.05, 4.69) is 0 Å². The van der Waals surface area contributed by atoms with Gasteiger partial charge in [-0.25, -0.2) is 9.59 Å². The standard InChI is InChI=1S/C18H24N2O5/c1-18(2,3)25-17(23)20-9-8-19(15(21)12-20)11-13-6-5-7-14(10-13)16(22)24-4/h5-7,10H,8-9,11-12H2,1-4H3. The van der Waals surface area contributed by atoms with Crippen LogP contribution in [-0.2, 0) is 20.8 Å². The van der Waals surface area contributed by atoms with Crippen molar-refractivity contribution in [2.45, 2.75) is 32.9 Å². The SMILES string of the molecule is COC(=O)c1cccc(CN2CCN(C(=O)OC(C)(C)C)CC2=O)c1. The van der Waals surface area contributed by atoms with Gasteiger partial charge < -0.3 is 14.4 Å². The van der Waals surface area contributed by atoms with Gasteiger partial charge >= 0.3 is 12.1 Å². The van der Waals surface area contributed by atoms with E-state index in [1.54, 1.807) is 43.9 Å². The lowest BCUT2D eigenvalue weighted by Gasteiger charge is -2.35. The highest BCUT2D eigenvalue weighted by Gasteiger charge is 2.30. The van der Waals surface area contributed by atoms with Crippen LogP contribution in [0.15, 0.2) is 24.3 Å². The summed E-state index contributed by atoms with van der Waals surface area (Å²) in [7, 11) is 1.33. The lowest BCUT2D eigenvalue weighted by molar-refractivity contribution is -0.136. The van der Waals surface area contributed by atoms with Gasteiger partial charge in [-0.1, -0.05) is 12.1 Å². The van der Waals surface area contributed by atoms with Gasteiger partial charge in [0.25, 0.3) is 0 Å². The minimum absolute atomic E-state index is 0.00833. The normalized spacial score (nSPS) is 15.1. The molecule has 136 valence electrons. The summed E-state index contributed by atoms with van der Waals surface area (Å²) in [6.45, 7) is 6.57. The second kappa shape index (κ2) is 7.55. The molecule has 0 spiro atoms. The van der Waals surface area contributed by atoms with Gasteiger partial charge in [-0.05, 0) is 38.5 Å². The Bertz CT molecular complexity index is 666. The van der Waals surface area contributed by atoms with Crippen molar-refractivity contribution in [3.8, 4) is 0 Å². The molecule has 0 N–H and O–H groups in total. The van der Waals surface area contributed by atoms with Crippen LogP contribution in [0, 0.1) is 0 Å². The van der Waals surface area contributed by atoms with E-state index in [0.717, 1.165) is 5.56 Å². The number of piperazine rings is 1. The van der Waals surface area contributed by atoms with E-state index in [9.17, 15) is 14.4 Å². The van der Waals surface area contributed by atoms with Crippen LogP contribution < -0.4 is 0 Å². The van der Waals surface area contributed by atoms with Crippen LogP contribution in [0.25, 0.3) is 0 Å². The van der Waals surface area contributed by atoms with E-state index < -0.39 is 17.7 Å². The fourth-order valence-electron chi connectivity index (χ4n) is 2.49. The van der Waals surface area contributed by atoms with Gasteiger partial charge in [0.1, 0.15) is 12.1 Å². The molecule has 0 unspecified atom stereocenters. The van der Waals surface area contributed by atoms with Crippen molar-refractivity contribution in [3.63, 3.8) is 0 Å². The Morgan fingerprint density at radius 1 is 1.20 bits per heavy atom. The van der Waals surface area contributed by atoms with E-state index in [1.807, 2.05) is 6.07 Å². The molecule has 1 heterocycles. The minimum Gasteiger partial charge on any atom is -0.465 e. The molecule has 1 aromatic carbocycles. The fraction of sp³-hybridized carbons (Fsp3) is 0.500. The molecule has 1 fully saturated rings. The number of hydrogen-bond acceptors (Lipinski definition) is 5. The van der Waals surface area contributed by atoms with Gasteiger partial charge in [0.2, 0.25) is 5.91 Å². The summed E-state index contributed by atoms with van der Waals surface area (Å²) in [5.41, 5.74) is 0.688. The van der Waals surface area contributed by atoms with Crippen LogP contribution in [0.1, 0.15) is 36.7 Å². The number of methoxy groups -OCH3 is 1. The first-order chi connectivity index (χ1) is 11.7. The molecule has 1 aliphatic heterocycles. The van der Waals surface area contributed by atoms with Crippen LogP contribution in [-0.4, -0.2) is 60.1 Å². The molecule has 0 saturated carbocycles. The summed E-state index contributed by atoms with van der Waals surface area (Å²) in [6.07, 6.45) is -0.479. The highest BCUT2D eigenvalue weighted by molar-refractivity contribution is 5.89. The molecule has 0 atom stereocenters. The zero-order chi connectivity index (χ0) is 18.6. The molecular weight excluding hydrogens is 324 g/mol. The van der Waals surface area contributed by atoms with Crippen molar-refractivity contribution in [2.24, 2.45) is 0 Å². The maximum absolute atomic E-state index is 12.3. The zero-order valence-electron chi connectivity index (χ0n) is 15.1. The number of amides is 2. The molecule has 2 rings (SSSR count). The molecule has 7 nitrogen and oxygen atoms in total. The van der Waals surface area contributed by atoms with Gasteiger partial charge in [-0.15, -0.1) is 0 Å². The lowest BCUT2D eigenvalue weighted by atomic mass is 10.1. The third-order valence-electron chi connectivity index (χ3n) is 3.69. The average molecular weight is 348 g/mol. The number of hydrogen-bond donors (Lipinski definition) is 0. The molecular formula is C18H24N2O5. The van der Waals surface area contributed by atoms with Crippen LogP contribution in [0.3, 0.4) is 0 Å². The molecule has 7 heteroatoms. The monoisotopic (exact) mass is 348 g/mol. The van der Waals surface area contributed by atoms with E-state index in [1.165, 1.54) is 12.0 Å². The van der Waals surface area contributed by atoms with Crippen LogP contribution >= 0.6 is 0 Å². The molecule has 0 aromatic heterocycles. The summed E-state index contributed by atoms with van der Waals surface area (Å²) in [4.78, 5) is 39.1. The Kier molecular flexibility index (Phi) is 5.66. The van der Waals surface area contributed by atoms with Crippen molar-refractivity contribution >= 4 is 18.0 Å². The number of benzene rings is 1. The Labute approximate surface area is 147 Å². The molecule has 1 aliphatic rings. The second-order valence-corrected chi connectivity index (χ2v) is 6.91. The Hall–Kier alpha value is -2.57.